The Hall–Kier alpha value is -1.45. The van der Waals surface area contributed by atoms with E-state index in [-0.39, 0.29) is 17.4 Å². The fourth-order valence-electron chi connectivity index (χ4n) is 3.71. The molecule has 1 saturated heterocycles. The molecule has 4 unspecified atom stereocenters. The second kappa shape index (κ2) is 5.04. The number of anilines is 1. The highest BCUT2D eigenvalue weighted by atomic mass is 31.1. The van der Waals surface area contributed by atoms with E-state index in [2.05, 4.69) is 31.2 Å². The molecular weight excluding hydrogens is 297 g/mol. The summed E-state index contributed by atoms with van der Waals surface area (Å²) in [6, 6.07) is 7.39. The van der Waals surface area contributed by atoms with Crippen molar-refractivity contribution in [2.75, 3.05) is 5.09 Å². The number of rotatable bonds is 2. The first-order valence-electron chi connectivity index (χ1n) is 7.63. The van der Waals surface area contributed by atoms with E-state index < -0.39 is 19.1 Å². The van der Waals surface area contributed by atoms with Gasteiger partial charge in [-0.1, -0.05) is 39.0 Å². The third-order valence-corrected chi connectivity index (χ3v) is 6.54. The first-order valence-corrected chi connectivity index (χ1v) is 8.89. The minimum atomic E-state index is -1.69. The molecule has 6 heteroatoms. The number of benzene rings is 1. The molecule has 4 N–H and O–H groups in total. The lowest BCUT2D eigenvalue weighted by atomic mass is 9.80. The van der Waals surface area contributed by atoms with Crippen molar-refractivity contribution in [1.82, 2.24) is 5.32 Å². The van der Waals surface area contributed by atoms with Gasteiger partial charge < -0.3 is 5.73 Å². The lowest BCUT2D eigenvalue weighted by molar-refractivity contribution is -0.119. The topological polar surface area (TPSA) is 84.2 Å². The Balaban J connectivity index is 2.08. The zero-order valence-electron chi connectivity index (χ0n) is 13.2. The molecule has 3 rings (SSSR count). The van der Waals surface area contributed by atoms with Crippen LogP contribution in [-0.2, 0) is 14.5 Å². The highest BCUT2D eigenvalue weighted by molar-refractivity contribution is 7.48. The Kier molecular flexibility index (Phi) is 3.54. The molecule has 22 heavy (non-hydrogen) atoms. The molecular formula is C16H23N3O2P+. The van der Waals surface area contributed by atoms with Crippen LogP contribution < -0.4 is 16.1 Å². The second-order valence-electron chi connectivity index (χ2n) is 7.52. The molecule has 4 atom stereocenters. The molecule has 0 aliphatic carbocycles. The Morgan fingerprint density at radius 2 is 2.09 bits per heavy atom. The summed E-state index contributed by atoms with van der Waals surface area (Å²) >= 11 is 0. The van der Waals surface area contributed by atoms with Crippen LogP contribution in [0.4, 0.5) is 5.69 Å². The van der Waals surface area contributed by atoms with Crippen molar-refractivity contribution in [2.45, 2.75) is 50.9 Å². The molecule has 118 valence electrons. The summed E-state index contributed by atoms with van der Waals surface area (Å²) in [5, 5.41) is 5.92. The molecule has 1 aromatic carbocycles. The minimum absolute atomic E-state index is 0.0373. The van der Waals surface area contributed by atoms with Gasteiger partial charge in [0.25, 0.3) is 0 Å². The SMILES string of the molecule is CC(C)(C)CC1NC(C(N)=O)CC12c1ccccc1N[P+]2=O. The van der Waals surface area contributed by atoms with Crippen LogP contribution >= 0.6 is 7.95 Å². The van der Waals surface area contributed by atoms with E-state index in [1.54, 1.807) is 0 Å². The molecule has 2 aliphatic heterocycles. The normalized spacial score (nSPS) is 32.0. The van der Waals surface area contributed by atoms with Gasteiger partial charge in [0, 0.05) is 12.0 Å². The number of para-hydroxylation sites is 1. The van der Waals surface area contributed by atoms with Gasteiger partial charge in [0.05, 0.1) is 17.8 Å². The Morgan fingerprint density at radius 1 is 1.41 bits per heavy atom. The van der Waals surface area contributed by atoms with Crippen molar-refractivity contribution in [1.29, 1.82) is 0 Å². The predicted octanol–water partition coefficient (Wildman–Crippen LogP) is 2.70. The Bertz CT molecular complexity index is 641. The number of primary amides is 1. The number of hydrogen-bond donors (Lipinski definition) is 3. The van der Waals surface area contributed by atoms with Crippen molar-refractivity contribution in [3.05, 3.63) is 29.8 Å². The smallest absolute Gasteiger partial charge is 0.368 e. The lowest BCUT2D eigenvalue weighted by Gasteiger charge is -2.28. The lowest BCUT2D eigenvalue weighted by Crippen LogP contribution is -2.43. The average Bonchev–Trinajstić information content (AvgIpc) is 2.90. The van der Waals surface area contributed by atoms with Gasteiger partial charge in [0.2, 0.25) is 11.1 Å². The first-order chi connectivity index (χ1) is 10.2. The maximum atomic E-state index is 13.0. The average molecular weight is 320 g/mol. The minimum Gasteiger partial charge on any atom is -0.368 e. The third-order valence-electron chi connectivity index (χ3n) is 4.63. The zero-order chi connectivity index (χ0) is 16.1. The van der Waals surface area contributed by atoms with Crippen LogP contribution in [0, 0.1) is 5.41 Å². The number of amides is 1. The summed E-state index contributed by atoms with van der Waals surface area (Å²) in [5.74, 6) is -0.372. The largest absolute Gasteiger partial charge is 0.472 e. The maximum Gasteiger partial charge on any atom is 0.472 e. The molecule has 1 amide bonds. The number of carbonyl (C=O) groups excluding carboxylic acids is 1. The second-order valence-corrected chi connectivity index (χ2v) is 9.13. The van der Waals surface area contributed by atoms with Gasteiger partial charge in [0.15, 0.2) is 0 Å². The Morgan fingerprint density at radius 3 is 2.73 bits per heavy atom. The van der Waals surface area contributed by atoms with Crippen molar-refractivity contribution in [3.8, 4) is 0 Å². The van der Waals surface area contributed by atoms with Crippen LogP contribution in [0.3, 0.4) is 0 Å². The van der Waals surface area contributed by atoms with Gasteiger partial charge in [-0.2, -0.15) is 5.09 Å². The number of nitrogens with two attached hydrogens (primary N) is 1. The number of hydrogen-bond acceptors (Lipinski definition) is 3. The maximum absolute atomic E-state index is 13.0. The van der Waals surface area contributed by atoms with E-state index >= 15 is 0 Å². The van der Waals surface area contributed by atoms with E-state index in [1.807, 2.05) is 24.3 Å². The molecule has 0 saturated carbocycles. The summed E-state index contributed by atoms with van der Waals surface area (Å²) in [4.78, 5) is 11.7. The van der Waals surface area contributed by atoms with E-state index in [0.717, 1.165) is 17.7 Å². The van der Waals surface area contributed by atoms with Crippen LogP contribution in [0.25, 0.3) is 0 Å². The molecule has 1 spiro atoms. The fraction of sp³-hybridized carbons (Fsp3) is 0.562. The zero-order valence-corrected chi connectivity index (χ0v) is 14.1. The van der Waals surface area contributed by atoms with Crippen LogP contribution in [-0.4, -0.2) is 18.0 Å². The Labute approximate surface area is 131 Å². The summed E-state index contributed by atoms with van der Waals surface area (Å²) < 4.78 is 13.0. The van der Waals surface area contributed by atoms with Crippen molar-refractivity contribution >= 4 is 19.5 Å². The first kappa shape index (κ1) is 15.4. The van der Waals surface area contributed by atoms with Gasteiger partial charge in [-0.3, -0.25) is 10.1 Å². The van der Waals surface area contributed by atoms with E-state index in [0.29, 0.717) is 6.42 Å². The van der Waals surface area contributed by atoms with Crippen LogP contribution in [0.1, 0.15) is 39.2 Å². The fourth-order valence-corrected chi connectivity index (χ4v) is 5.54. The van der Waals surface area contributed by atoms with E-state index in [4.69, 9.17) is 5.73 Å². The van der Waals surface area contributed by atoms with E-state index in [1.165, 1.54) is 0 Å². The molecule has 1 aromatic rings. The monoisotopic (exact) mass is 320 g/mol. The molecule has 1 fully saturated rings. The number of nitrogens with one attached hydrogen (secondary N) is 2. The molecule has 5 nitrogen and oxygen atoms in total. The number of fused-ring (bicyclic) bond motifs is 2. The number of carbonyl (C=O) groups is 1. The molecule has 0 aromatic heterocycles. The van der Waals surface area contributed by atoms with Gasteiger partial charge in [-0.25, -0.2) is 0 Å². The van der Waals surface area contributed by atoms with Crippen LogP contribution in [0.2, 0.25) is 0 Å². The molecule has 2 heterocycles. The predicted molar refractivity (Wildman–Crippen MR) is 87.9 cm³/mol. The summed E-state index contributed by atoms with van der Waals surface area (Å²) in [5.41, 5.74) is 7.54. The van der Waals surface area contributed by atoms with Crippen molar-refractivity contribution in [3.63, 3.8) is 0 Å². The van der Waals surface area contributed by atoms with Gasteiger partial charge >= 0.3 is 7.95 Å². The summed E-state index contributed by atoms with van der Waals surface area (Å²) in [6.45, 7) is 6.46. The molecule has 2 aliphatic rings. The third kappa shape index (κ3) is 2.33. The van der Waals surface area contributed by atoms with Crippen molar-refractivity contribution in [2.24, 2.45) is 11.1 Å². The summed E-state index contributed by atoms with van der Waals surface area (Å²) in [6.07, 6.45) is 1.32. The van der Waals surface area contributed by atoms with E-state index in [9.17, 15) is 9.36 Å². The van der Waals surface area contributed by atoms with Gasteiger partial charge in [-0.15, -0.1) is 0 Å². The van der Waals surface area contributed by atoms with Crippen molar-refractivity contribution < 1.29 is 9.36 Å². The highest BCUT2D eigenvalue weighted by Gasteiger charge is 2.67. The van der Waals surface area contributed by atoms with Crippen LogP contribution in [0.15, 0.2) is 24.3 Å². The quantitative estimate of drug-likeness (QED) is 0.732. The summed E-state index contributed by atoms with van der Waals surface area (Å²) in [7, 11) is -1.69. The van der Waals surface area contributed by atoms with Crippen LogP contribution in [0.5, 0.6) is 0 Å². The highest BCUT2D eigenvalue weighted by Crippen LogP contribution is 2.63. The molecule has 0 radical (unpaired) electrons. The standard InChI is InChI=1S/C16H22N3O2P/c1-15(2,3)9-13-16(8-12(18-13)14(17)20)10-6-4-5-7-11(10)19-22(16)21/h4-7,12-13,18H,8-9H2,1-3H3,(H2-,17,19,20,21)/p+1. The molecule has 0 bridgehead atoms. The van der Waals surface area contributed by atoms with Gasteiger partial charge in [-0.05, 0) is 22.5 Å². The van der Waals surface area contributed by atoms with Gasteiger partial charge in [0.1, 0.15) is 0 Å².